The molecule has 1 saturated carbocycles. The molecule has 1 aromatic rings. The Morgan fingerprint density at radius 1 is 1.22 bits per heavy atom. The van der Waals surface area contributed by atoms with Gasteiger partial charge < -0.3 is 4.74 Å². The monoisotopic (exact) mass is 332 g/mol. The summed E-state index contributed by atoms with van der Waals surface area (Å²) in [6.07, 6.45) is 8.87. The van der Waals surface area contributed by atoms with E-state index < -0.39 is 0 Å². The van der Waals surface area contributed by atoms with E-state index in [1.54, 1.807) is 0 Å². The van der Waals surface area contributed by atoms with Crippen LogP contribution in [-0.2, 0) is 6.42 Å². The van der Waals surface area contributed by atoms with Crippen molar-refractivity contribution in [1.29, 1.82) is 0 Å². The molecular formula is C21H32OS. The lowest BCUT2D eigenvalue weighted by atomic mass is 9.64. The number of hydrogen-bond acceptors (Lipinski definition) is 2. The van der Waals surface area contributed by atoms with Gasteiger partial charge >= 0.3 is 0 Å². The maximum absolute atomic E-state index is 6.50. The average Bonchev–Trinajstić information content (AvgIpc) is 2.46. The number of unbranched alkanes of at least 4 members (excludes halogenated alkanes) is 2. The zero-order chi connectivity index (χ0) is 16.6. The zero-order valence-corrected chi connectivity index (χ0v) is 16.1. The summed E-state index contributed by atoms with van der Waals surface area (Å²) in [7, 11) is 0. The van der Waals surface area contributed by atoms with Crippen LogP contribution >= 0.6 is 12.6 Å². The molecule has 0 radical (unpaired) electrons. The van der Waals surface area contributed by atoms with Crippen molar-refractivity contribution < 1.29 is 4.74 Å². The maximum atomic E-state index is 6.50. The molecule has 0 amide bonds. The number of ether oxygens (including phenoxy) is 1. The standard InChI is InChI=1S/C21H32OS/c1-5-6-7-8-15-12-18-20(19(23)13-15)16-11-14(2)9-10-17(16)21(3,4)22-18/h12-14,16-17,23H,5-11H2,1-4H3/t14-,16-,17-/m1/s1. The smallest absolute Gasteiger partial charge is 0.125 e. The van der Waals surface area contributed by atoms with Crippen LogP contribution in [0.2, 0.25) is 0 Å². The third-order valence-corrected chi connectivity index (χ3v) is 6.37. The zero-order valence-electron chi connectivity index (χ0n) is 15.2. The van der Waals surface area contributed by atoms with E-state index in [0.29, 0.717) is 11.8 Å². The fraction of sp³-hybridized carbons (Fsp3) is 0.714. The number of rotatable bonds is 4. The highest BCUT2D eigenvalue weighted by molar-refractivity contribution is 7.80. The van der Waals surface area contributed by atoms with Gasteiger partial charge in [0, 0.05) is 16.4 Å². The minimum atomic E-state index is -0.0555. The summed E-state index contributed by atoms with van der Waals surface area (Å²) >= 11 is 4.87. The highest BCUT2D eigenvalue weighted by Gasteiger charge is 2.46. The number of fused-ring (bicyclic) bond motifs is 3. The number of thiol groups is 1. The Hall–Kier alpha value is -0.630. The highest BCUT2D eigenvalue weighted by atomic mass is 32.1. The predicted molar refractivity (Wildman–Crippen MR) is 101 cm³/mol. The summed E-state index contributed by atoms with van der Waals surface area (Å²) in [5.74, 6) is 3.18. The Morgan fingerprint density at radius 2 is 2.00 bits per heavy atom. The lowest BCUT2D eigenvalue weighted by Gasteiger charge is -2.49. The van der Waals surface area contributed by atoms with Crippen LogP contribution in [0.4, 0.5) is 0 Å². The van der Waals surface area contributed by atoms with Gasteiger partial charge in [-0.3, -0.25) is 0 Å². The molecule has 1 aliphatic heterocycles. The summed E-state index contributed by atoms with van der Waals surface area (Å²) in [5, 5.41) is 0. The van der Waals surface area contributed by atoms with Gasteiger partial charge in [0.15, 0.2) is 0 Å². The second-order valence-corrected chi connectivity index (χ2v) is 8.80. The molecule has 0 N–H and O–H groups in total. The normalized spacial score (nSPS) is 28.7. The molecule has 1 heterocycles. The van der Waals surface area contributed by atoms with E-state index in [-0.39, 0.29) is 5.60 Å². The van der Waals surface area contributed by atoms with Crippen LogP contribution in [0.5, 0.6) is 5.75 Å². The second-order valence-electron chi connectivity index (χ2n) is 8.32. The fourth-order valence-electron chi connectivity index (χ4n) is 4.74. The molecule has 128 valence electrons. The average molecular weight is 333 g/mol. The van der Waals surface area contributed by atoms with Crippen LogP contribution in [0.1, 0.15) is 83.3 Å². The largest absolute Gasteiger partial charge is 0.487 e. The second kappa shape index (κ2) is 6.70. The van der Waals surface area contributed by atoms with Crippen LogP contribution in [-0.4, -0.2) is 5.60 Å². The molecule has 3 atom stereocenters. The number of benzene rings is 1. The first kappa shape index (κ1) is 17.2. The molecule has 1 aromatic carbocycles. The molecule has 0 unspecified atom stereocenters. The first-order valence-electron chi connectivity index (χ1n) is 9.47. The van der Waals surface area contributed by atoms with Crippen molar-refractivity contribution in [3.05, 3.63) is 23.3 Å². The van der Waals surface area contributed by atoms with Crippen LogP contribution in [0.25, 0.3) is 0 Å². The minimum absolute atomic E-state index is 0.0555. The summed E-state index contributed by atoms with van der Waals surface area (Å²) in [6.45, 7) is 9.22. The lowest BCUT2D eigenvalue weighted by molar-refractivity contribution is -0.0148. The maximum Gasteiger partial charge on any atom is 0.125 e. The Kier molecular flexibility index (Phi) is 5.01. The van der Waals surface area contributed by atoms with Gasteiger partial charge in [0.2, 0.25) is 0 Å². The van der Waals surface area contributed by atoms with Gasteiger partial charge in [-0.05, 0) is 69.1 Å². The molecule has 23 heavy (non-hydrogen) atoms. The van der Waals surface area contributed by atoms with Crippen molar-refractivity contribution in [2.45, 2.75) is 89.1 Å². The fourth-order valence-corrected chi connectivity index (χ4v) is 5.18. The van der Waals surface area contributed by atoms with E-state index in [1.807, 2.05) is 0 Å². The van der Waals surface area contributed by atoms with Gasteiger partial charge in [-0.1, -0.05) is 33.1 Å². The molecule has 3 rings (SSSR count). The van der Waals surface area contributed by atoms with Crippen molar-refractivity contribution in [1.82, 2.24) is 0 Å². The molecule has 2 aliphatic rings. The van der Waals surface area contributed by atoms with Gasteiger partial charge in [-0.25, -0.2) is 0 Å². The summed E-state index contributed by atoms with van der Waals surface area (Å²) in [6, 6.07) is 4.61. The minimum Gasteiger partial charge on any atom is -0.487 e. The highest BCUT2D eigenvalue weighted by Crippen LogP contribution is 2.54. The Balaban J connectivity index is 1.94. The van der Waals surface area contributed by atoms with Gasteiger partial charge in [-0.15, -0.1) is 12.6 Å². The van der Waals surface area contributed by atoms with E-state index in [9.17, 15) is 0 Å². The number of hydrogen-bond donors (Lipinski definition) is 1. The van der Waals surface area contributed by atoms with E-state index in [1.165, 1.54) is 49.7 Å². The van der Waals surface area contributed by atoms with Crippen molar-refractivity contribution in [2.24, 2.45) is 11.8 Å². The van der Waals surface area contributed by atoms with Crippen LogP contribution in [0, 0.1) is 11.8 Å². The number of aryl methyl sites for hydroxylation is 1. The molecule has 1 aliphatic carbocycles. The molecule has 0 saturated heterocycles. The quantitative estimate of drug-likeness (QED) is 0.496. The Labute approximate surface area is 147 Å². The molecule has 1 nitrogen and oxygen atoms in total. The summed E-state index contributed by atoms with van der Waals surface area (Å²) in [5.41, 5.74) is 2.73. The molecule has 0 bridgehead atoms. The summed E-state index contributed by atoms with van der Waals surface area (Å²) in [4.78, 5) is 1.16. The third-order valence-electron chi connectivity index (χ3n) is 6.00. The third kappa shape index (κ3) is 3.43. The van der Waals surface area contributed by atoms with Crippen molar-refractivity contribution in [2.75, 3.05) is 0 Å². The Bertz CT molecular complexity index is 563. The first-order valence-corrected chi connectivity index (χ1v) is 9.92. The summed E-state index contributed by atoms with van der Waals surface area (Å²) < 4.78 is 6.50. The molecule has 0 spiro atoms. The van der Waals surface area contributed by atoms with Crippen LogP contribution < -0.4 is 4.74 Å². The Morgan fingerprint density at radius 3 is 2.74 bits per heavy atom. The first-order chi connectivity index (χ1) is 10.9. The molecule has 1 fully saturated rings. The predicted octanol–water partition coefficient (Wildman–Crippen LogP) is 6.40. The van der Waals surface area contributed by atoms with Crippen molar-refractivity contribution in [3.8, 4) is 5.75 Å². The molecule has 0 aromatic heterocycles. The van der Waals surface area contributed by atoms with Gasteiger partial charge in [0.25, 0.3) is 0 Å². The lowest BCUT2D eigenvalue weighted by Crippen LogP contribution is -2.46. The van der Waals surface area contributed by atoms with E-state index in [4.69, 9.17) is 17.4 Å². The van der Waals surface area contributed by atoms with Gasteiger partial charge in [-0.2, -0.15) is 0 Å². The molecular weight excluding hydrogens is 300 g/mol. The van der Waals surface area contributed by atoms with Crippen LogP contribution in [0.3, 0.4) is 0 Å². The van der Waals surface area contributed by atoms with E-state index >= 15 is 0 Å². The van der Waals surface area contributed by atoms with E-state index in [2.05, 4.69) is 39.8 Å². The van der Waals surface area contributed by atoms with E-state index in [0.717, 1.165) is 23.0 Å². The van der Waals surface area contributed by atoms with Crippen molar-refractivity contribution in [3.63, 3.8) is 0 Å². The van der Waals surface area contributed by atoms with Crippen molar-refractivity contribution >= 4 is 12.6 Å². The van der Waals surface area contributed by atoms with Gasteiger partial charge in [0.05, 0.1) is 0 Å². The van der Waals surface area contributed by atoms with Gasteiger partial charge in [0.1, 0.15) is 11.4 Å². The molecule has 2 heteroatoms. The topological polar surface area (TPSA) is 9.23 Å². The SMILES string of the molecule is CCCCCc1cc(S)c2c(c1)OC(C)(C)[C@@H]1CC[C@@H](C)C[C@@H]21. The van der Waals surface area contributed by atoms with Crippen LogP contribution in [0.15, 0.2) is 17.0 Å².